The molecular formula is C41H51BrN6O8. The van der Waals surface area contributed by atoms with Gasteiger partial charge in [-0.05, 0) is 43.4 Å². The molecule has 15 heteroatoms. The van der Waals surface area contributed by atoms with Crippen molar-refractivity contribution < 1.29 is 38.5 Å². The summed E-state index contributed by atoms with van der Waals surface area (Å²) >= 11 is 3.76. The first kappa shape index (κ1) is 41.2. The second-order valence-corrected chi connectivity index (χ2v) is 15.8. The van der Waals surface area contributed by atoms with Gasteiger partial charge in [-0.15, -0.1) is 18.3 Å². The molecule has 4 heterocycles. The van der Waals surface area contributed by atoms with Gasteiger partial charge < -0.3 is 34.4 Å². The van der Waals surface area contributed by atoms with Crippen LogP contribution in [0.4, 0.5) is 0 Å². The zero-order valence-corrected chi connectivity index (χ0v) is 33.3. The molecule has 14 nitrogen and oxygen atoms in total. The minimum atomic E-state index is -1.33. The molecule has 1 spiro atoms. The van der Waals surface area contributed by atoms with Gasteiger partial charge in [0.15, 0.2) is 0 Å². The number of unbranched alkanes of at least 4 members (excludes halogenated alkanes) is 3. The van der Waals surface area contributed by atoms with E-state index in [-0.39, 0.29) is 61.9 Å². The van der Waals surface area contributed by atoms with E-state index in [1.807, 2.05) is 54.6 Å². The van der Waals surface area contributed by atoms with Gasteiger partial charge in [0.1, 0.15) is 29.9 Å². The predicted molar refractivity (Wildman–Crippen MR) is 211 cm³/mol. The Morgan fingerprint density at radius 2 is 1.86 bits per heavy atom. The van der Waals surface area contributed by atoms with Gasteiger partial charge in [-0.3, -0.25) is 19.2 Å². The number of nitrogens with one attached hydrogen (secondary N) is 1. The first-order chi connectivity index (χ1) is 27.2. The van der Waals surface area contributed by atoms with Crippen molar-refractivity contribution >= 4 is 50.7 Å². The fourth-order valence-electron chi connectivity index (χ4n) is 8.52. The summed E-state index contributed by atoms with van der Waals surface area (Å²) in [4.78, 5) is 60.3. The number of aliphatic hydroxyl groups is 1. The lowest BCUT2D eigenvalue weighted by molar-refractivity contribution is -0.163. The maximum absolute atomic E-state index is 15.0. The standard InChI is InChI=1S/C41H51BrN6O8/c1-4-6-20-32(50)43-30(25-54-3)35(27-16-10-9-11-17-27)55-40(53)33-34-38(51)47(22-14-7-8-15-23-49)37(41(34)24-28(42)36(33)56-41)39(52)46(21-5-2)26-48-31-19-13-12-18-29(31)44-45-48/h4-5,9-13,16-19,28,30,33-37,49H,1-2,6-8,14-15,20-26H2,3H3,(H,43,50)/t28?,30-,33-,34+,35-,36-,37-,41+/m0/s1. The number of nitrogens with zero attached hydrogens (tertiary/aromatic N) is 5. The van der Waals surface area contributed by atoms with E-state index in [0.29, 0.717) is 36.8 Å². The van der Waals surface area contributed by atoms with Crippen LogP contribution in [0.3, 0.4) is 0 Å². The quantitative estimate of drug-likeness (QED) is 0.0692. The molecule has 0 radical (unpaired) electrons. The lowest BCUT2D eigenvalue weighted by Gasteiger charge is -2.37. The number of likely N-dealkylation sites (tertiary alicyclic amines) is 1. The normalized spacial score (nSPS) is 24.8. The van der Waals surface area contributed by atoms with E-state index in [2.05, 4.69) is 44.7 Å². The highest BCUT2D eigenvalue weighted by molar-refractivity contribution is 9.09. The monoisotopic (exact) mass is 834 g/mol. The van der Waals surface area contributed by atoms with E-state index in [0.717, 1.165) is 18.4 Å². The smallest absolute Gasteiger partial charge is 0.313 e. The molecule has 2 aromatic carbocycles. The highest BCUT2D eigenvalue weighted by atomic mass is 79.9. The first-order valence-corrected chi connectivity index (χ1v) is 20.2. The molecule has 0 aliphatic carbocycles. The zero-order valence-electron chi connectivity index (χ0n) is 31.7. The van der Waals surface area contributed by atoms with Gasteiger partial charge in [0.05, 0.1) is 36.1 Å². The van der Waals surface area contributed by atoms with Crippen LogP contribution in [0.1, 0.15) is 56.6 Å². The summed E-state index contributed by atoms with van der Waals surface area (Å²) in [6, 6.07) is 14.7. The van der Waals surface area contributed by atoms with E-state index >= 15 is 4.79 Å². The summed E-state index contributed by atoms with van der Waals surface area (Å²) in [6.07, 6.45) is 5.26. The maximum atomic E-state index is 15.0. The highest BCUT2D eigenvalue weighted by Crippen LogP contribution is 2.60. The summed E-state index contributed by atoms with van der Waals surface area (Å²) < 4.78 is 20.3. The molecule has 0 saturated carbocycles. The molecule has 8 atom stereocenters. The minimum Gasteiger partial charge on any atom is -0.455 e. The molecule has 3 aliphatic heterocycles. The van der Waals surface area contributed by atoms with E-state index in [4.69, 9.17) is 14.2 Å². The summed E-state index contributed by atoms with van der Waals surface area (Å²) in [5.41, 5.74) is 0.722. The number of alkyl halides is 1. The lowest BCUT2D eigenvalue weighted by atomic mass is 9.70. The Labute approximate surface area is 335 Å². The van der Waals surface area contributed by atoms with Crippen molar-refractivity contribution in [1.82, 2.24) is 30.1 Å². The van der Waals surface area contributed by atoms with Crippen molar-refractivity contribution in [2.75, 3.05) is 33.4 Å². The van der Waals surface area contributed by atoms with Gasteiger partial charge in [0, 0.05) is 38.1 Å². The number of carbonyl (C=O) groups excluding carboxylic acids is 4. The van der Waals surface area contributed by atoms with Gasteiger partial charge in [0.2, 0.25) is 17.7 Å². The summed E-state index contributed by atoms with van der Waals surface area (Å²) in [6.45, 7) is 8.19. The molecule has 3 aliphatic rings. The number of aliphatic hydroxyl groups excluding tert-OH is 1. The molecule has 2 bridgehead atoms. The third kappa shape index (κ3) is 8.31. The third-order valence-corrected chi connectivity index (χ3v) is 11.8. The molecule has 300 valence electrons. The zero-order chi connectivity index (χ0) is 39.8. The van der Waals surface area contributed by atoms with Crippen molar-refractivity contribution in [3.63, 3.8) is 0 Å². The molecule has 3 fully saturated rings. The van der Waals surface area contributed by atoms with Gasteiger partial charge in [-0.2, -0.15) is 0 Å². The van der Waals surface area contributed by atoms with Gasteiger partial charge >= 0.3 is 5.97 Å². The number of esters is 1. The number of halogens is 1. The van der Waals surface area contributed by atoms with Crippen molar-refractivity contribution in [3.05, 3.63) is 85.5 Å². The average molecular weight is 836 g/mol. The van der Waals surface area contributed by atoms with Crippen LogP contribution in [0.2, 0.25) is 0 Å². The number of hydrogen-bond acceptors (Lipinski definition) is 10. The molecular weight excluding hydrogens is 784 g/mol. The average Bonchev–Trinajstić information content (AvgIpc) is 3.92. The summed E-state index contributed by atoms with van der Waals surface area (Å²) in [5, 5.41) is 20.9. The summed E-state index contributed by atoms with van der Waals surface area (Å²) in [5.74, 6) is -3.67. The Morgan fingerprint density at radius 1 is 1.11 bits per heavy atom. The SMILES string of the molecule is C=CCCC(=O)N[C@@H](COC)[C@@H](OC(=O)[C@@H]1[C@H]2O[C@@]3(CC2Br)[C@H](C(=O)N(CC=C)Cn2nnc4ccccc42)N(CCCCCCO)C(=O)[C@@H]13)c1ccccc1. The molecule has 2 N–H and O–H groups in total. The van der Waals surface area contributed by atoms with E-state index < -0.39 is 47.7 Å². The Kier molecular flexibility index (Phi) is 13.7. The van der Waals surface area contributed by atoms with Gasteiger partial charge in [-0.1, -0.05) is 88.6 Å². The molecule has 3 amide bonds. The molecule has 3 aromatic rings. The number of allylic oxidation sites excluding steroid dienone is 1. The fourth-order valence-corrected chi connectivity index (χ4v) is 9.46. The van der Waals surface area contributed by atoms with Crippen LogP contribution in [0, 0.1) is 11.8 Å². The van der Waals surface area contributed by atoms with Gasteiger partial charge in [-0.25, -0.2) is 4.68 Å². The summed E-state index contributed by atoms with van der Waals surface area (Å²) in [7, 11) is 1.50. The second kappa shape index (κ2) is 18.7. The number of amides is 3. The number of rotatable bonds is 21. The van der Waals surface area contributed by atoms with Crippen LogP contribution in [0.25, 0.3) is 11.0 Å². The van der Waals surface area contributed by atoms with Crippen molar-refractivity contribution in [1.29, 1.82) is 0 Å². The number of fused-ring (bicyclic) bond motifs is 2. The molecule has 3 saturated heterocycles. The van der Waals surface area contributed by atoms with Crippen molar-refractivity contribution in [2.45, 2.75) is 86.3 Å². The van der Waals surface area contributed by atoms with Crippen LogP contribution in [-0.2, 0) is 40.1 Å². The van der Waals surface area contributed by atoms with Gasteiger partial charge in [0.25, 0.3) is 0 Å². The van der Waals surface area contributed by atoms with Crippen LogP contribution >= 0.6 is 15.9 Å². The number of carbonyl (C=O) groups is 4. The lowest BCUT2D eigenvalue weighted by Crippen LogP contribution is -2.57. The number of methoxy groups -OCH3 is 1. The predicted octanol–water partition coefficient (Wildman–Crippen LogP) is 4.09. The number of para-hydroxylation sites is 1. The number of benzene rings is 2. The Balaban J connectivity index is 1.33. The second-order valence-electron chi connectivity index (χ2n) is 14.6. The Bertz CT molecular complexity index is 1880. The highest BCUT2D eigenvalue weighted by Gasteiger charge is 2.77. The Morgan fingerprint density at radius 3 is 2.59 bits per heavy atom. The van der Waals surface area contributed by atoms with E-state index in [9.17, 15) is 19.5 Å². The molecule has 1 unspecified atom stereocenters. The molecule has 6 rings (SSSR count). The third-order valence-electron chi connectivity index (χ3n) is 11.0. The van der Waals surface area contributed by atoms with Crippen molar-refractivity contribution in [2.24, 2.45) is 11.8 Å². The minimum absolute atomic E-state index is 0.0471. The van der Waals surface area contributed by atoms with Crippen LogP contribution in [0.15, 0.2) is 79.9 Å². The molecule has 56 heavy (non-hydrogen) atoms. The number of aromatic nitrogens is 3. The Hall–Kier alpha value is -4.44. The van der Waals surface area contributed by atoms with Crippen molar-refractivity contribution in [3.8, 4) is 0 Å². The number of ether oxygens (including phenoxy) is 3. The largest absolute Gasteiger partial charge is 0.455 e. The topological polar surface area (TPSA) is 165 Å². The fraction of sp³-hybridized carbons (Fsp3) is 0.512. The number of hydrogen-bond donors (Lipinski definition) is 2. The van der Waals surface area contributed by atoms with Crippen LogP contribution in [-0.4, -0.2) is 116 Å². The van der Waals surface area contributed by atoms with E-state index in [1.165, 1.54) is 7.11 Å². The van der Waals surface area contributed by atoms with E-state index in [1.54, 1.807) is 26.6 Å². The first-order valence-electron chi connectivity index (χ1n) is 19.2. The maximum Gasteiger partial charge on any atom is 0.313 e. The molecule has 1 aromatic heterocycles. The van der Waals surface area contributed by atoms with Crippen LogP contribution in [0.5, 0.6) is 0 Å². The van der Waals surface area contributed by atoms with Crippen LogP contribution < -0.4 is 5.32 Å².